The Balaban J connectivity index is 1.94. The first-order valence-electron chi connectivity index (χ1n) is 11.9. The largest absolute Gasteiger partial charge is 0.490 e. The quantitative estimate of drug-likeness (QED) is 0.195. The molecule has 0 radical (unpaired) electrons. The second kappa shape index (κ2) is 12.4. The molecule has 0 saturated carbocycles. The summed E-state index contributed by atoms with van der Waals surface area (Å²) in [5, 5.41) is 12.6. The number of amides is 1. The molecule has 0 fully saturated rings. The van der Waals surface area contributed by atoms with Crippen LogP contribution >= 0.6 is 0 Å². The van der Waals surface area contributed by atoms with Crippen LogP contribution in [0.3, 0.4) is 0 Å². The number of nitrogens with one attached hydrogen (secondary N) is 1. The van der Waals surface area contributed by atoms with E-state index in [9.17, 15) is 10.1 Å². The van der Waals surface area contributed by atoms with Crippen molar-refractivity contribution in [3.63, 3.8) is 0 Å². The van der Waals surface area contributed by atoms with Crippen molar-refractivity contribution in [3.05, 3.63) is 106 Å². The summed E-state index contributed by atoms with van der Waals surface area (Å²) in [6, 6.07) is 19.6. The standard InChI is InChI=1S/C31H32N2O3/c1-6-9-26-16-25(17-27(19-32)31(34)33-28-11-8-10-22(4)23(28)5)18-29(35-7-2)30(26)36-20-24-14-12-21(3)13-15-24/h6,8,10-18H,1,7,9,20H2,2-5H3,(H,33,34)/b27-17+. The average Bonchev–Trinajstić information content (AvgIpc) is 2.86. The molecule has 184 valence electrons. The van der Waals surface area contributed by atoms with Gasteiger partial charge in [-0.1, -0.05) is 48.0 Å². The molecule has 0 aliphatic carbocycles. The molecule has 0 saturated heterocycles. The second-order valence-corrected chi connectivity index (χ2v) is 8.58. The third-order valence-electron chi connectivity index (χ3n) is 5.85. The highest BCUT2D eigenvalue weighted by Gasteiger charge is 2.16. The first kappa shape index (κ1) is 26.3. The zero-order valence-electron chi connectivity index (χ0n) is 21.4. The van der Waals surface area contributed by atoms with Crippen molar-refractivity contribution < 1.29 is 14.3 Å². The monoisotopic (exact) mass is 480 g/mol. The molecule has 3 aromatic rings. The number of carbonyl (C=O) groups excluding carboxylic acids is 1. The van der Waals surface area contributed by atoms with E-state index in [0.717, 1.165) is 22.3 Å². The molecule has 0 aliphatic rings. The summed E-state index contributed by atoms with van der Waals surface area (Å²) >= 11 is 0. The zero-order chi connectivity index (χ0) is 26.1. The number of hydrogen-bond donors (Lipinski definition) is 1. The van der Waals surface area contributed by atoms with Gasteiger partial charge < -0.3 is 14.8 Å². The first-order valence-corrected chi connectivity index (χ1v) is 11.9. The predicted octanol–water partition coefficient (Wildman–Crippen LogP) is 6.86. The molecule has 36 heavy (non-hydrogen) atoms. The van der Waals surface area contributed by atoms with Crippen LogP contribution in [0.15, 0.2) is 72.8 Å². The topological polar surface area (TPSA) is 71.4 Å². The van der Waals surface area contributed by atoms with Crippen LogP contribution in [-0.4, -0.2) is 12.5 Å². The minimum Gasteiger partial charge on any atom is -0.490 e. The molecule has 0 spiro atoms. The molecule has 0 atom stereocenters. The van der Waals surface area contributed by atoms with Crippen molar-refractivity contribution in [2.24, 2.45) is 0 Å². The fraction of sp³-hybridized carbons (Fsp3) is 0.226. The van der Waals surface area contributed by atoms with Gasteiger partial charge in [-0.05, 0) is 80.6 Å². The van der Waals surface area contributed by atoms with E-state index in [-0.39, 0.29) is 5.57 Å². The summed E-state index contributed by atoms with van der Waals surface area (Å²) in [7, 11) is 0. The lowest BCUT2D eigenvalue weighted by Gasteiger charge is -2.17. The number of hydrogen-bond acceptors (Lipinski definition) is 4. The van der Waals surface area contributed by atoms with Gasteiger partial charge in [-0.25, -0.2) is 0 Å². The van der Waals surface area contributed by atoms with Crippen molar-refractivity contribution in [2.75, 3.05) is 11.9 Å². The molecule has 0 aliphatic heterocycles. The SMILES string of the molecule is C=CCc1cc(/C=C(\C#N)C(=O)Nc2cccc(C)c2C)cc(OCC)c1OCc1ccc(C)cc1. The van der Waals surface area contributed by atoms with Gasteiger partial charge in [0.05, 0.1) is 6.61 Å². The lowest BCUT2D eigenvalue weighted by atomic mass is 10.0. The van der Waals surface area contributed by atoms with Crippen LogP contribution in [-0.2, 0) is 17.8 Å². The van der Waals surface area contributed by atoms with E-state index in [4.69, 9.17) is 9.47 Å². The van der Waals surface area contributed by atoms with Gasteiger partial charge >= 0.3 is 0 Å². The molecule has 0 bridgehead atoms. The fourth-order valence-corrected chi connectivity index (χ4v) is 3.73. The molecule has 0 unspecified atom stereocenters. The Morgan fingerprint density at radius 3 is 2.50 bits per heavy atom. The van der Waals surface area contributed by atoms with Gasteiger partial charge in [0.15, 0.2) is 11.5 Å². The van der Waals surface area contributed by atoms with E-state index in [2.05, 4.69) is 11.9 Å². The highest BCUT2D eigenvalue weighted by molar-refractivity contribution is 6.10. The number of nitriles is 1. The third kappa shape index (κ3) is 6.64. The third-order valence-corrected chi connectivity index (χ3v) is 5.85. The van der Waals surface area contributed by atoms with Crippen LogP contribution in [0.1, 0.15) is 40.3 Å². The summed E-state index contributed by atoms with van der Waals surface area (Å²) in [5.41, 5.74) is 6.47. The zero-order valence-corrected chi connectivity index (χ0v) is 21.4. The number of benzene rings is 3. The lowest BCUT2D eigenvalue weighted by molar-refractivity contribution is -0.112. The van der Waals surface area contributed by atoms with E-state index in [1.165, 1.54) is 5.56 Å². The van der Waals surface area contributed by atoms with E-state index in [1.807, 2.05) is 82.3 Å². The number of anilines is 1. The molecular weight excluding hydrogens is 448 g/mol. The van der Waals surface area contributed by atoms with Crippen LogP contribution in [0.4, 0.5) is 5.69 Å². The molecular formula is C31H32N2O3. The lowest BCUT2D eigenvalue weighted by Crippen LogP contribution is -2.14. The van der Waals surface area contributed by atoms with E-state index >= 15 is 0 Å². The fourth-order valence-electron chi connectivity index (χ4n) is 3.73. The van der Waals surface area contributed by atoms with Gasteiger partial charge in [0.1, 0.15) is 18.2 Å². The number of aryl methyl sites for hydroxylation is 2. The number of allylic oxidation sites excluding steroid dienone is 1. The van der Waals surface area contributed by atoms with Gasteiger partial charge in [-0.3, -0.25) is 4.79 Å². The number of ether oxygens (including phenoxy) is 2. The first-order chi connectivity index (χ1) is 17.4. The Hall–Kier alpha value is -4.30. The molecule has 3 rings (SSSR count). The molecule has 1 N–H and O–H groups in total. The molecule has 0 heterocycles. The van der Waals surface area contributed by atoms with Gasteiger partial charge in [-0.2, -0.15) is 5.26 Å². The van der Waals surface area contributed by atoms with Crippen LogP contribution in [0, 0.1) is 32.1 Å². The van der Waals surface area contributed by atoms with Crippen molar-refractivity contribution in [3.8, 4) is 17.6 Å². The number of nitrogens with zero attached hydrogens (tertiary/aromatic N) is 1. The summed E-state index contributed by atoms with van der Waals surface area (Å²) < 4.78 is 12.1. The van der Waals surface area contributed by atoms with Gasteiger partial charge in [0, 0.05) is 11.3 Å². The summed E-state index contributed by atoms with van der Waals surface area (Å²) in [4.78, 5) is 12.9. The Kier molecular flexibility index (Phi) is 9.07. The predicted molar refractivity (Wildman–Crippen MR) is 145 cm³/mol. The van der Waals surface area contributed by atoms with E-state index in [1.54, 1.807) is 18.2 Å². The van der Waals surface area contributed by atoms with Crippen LogP contribution < -0.4 is 14.8 Å². The summed E-state index contributed by atoms with van der Waals surface area (Å²) in [6.45, 7) is 12.6. The normalized spacial score (nSPS) is 10.9. The van der Waals surface area contributed by atoms with Crippen LogP contribution in [0.2, 0.25) is 0 Å². The van der Waals surface area contributed by atoms with Gasteiger partial charge in [0.25, 0.3) is 5.91 Å². The molecule has 5 heteroatoms. The van der Waals surface area contributed by atoms with Crippen LogP contribution in [0.25, 0.3) is 6.08 Å². The average molecular weight is 481 g/mol. The maximum atomic E-state index is 12.9. The Labute approximate surface area is 213 Å². The second-order valence-electron chi connectivity index (χ2n) is 8.58. The Bertz CT molecular complexity index is 1310. The summed E-state index contributed by atoms with van der Waals surface area (Å²) in [5.74, 6) is 0.726. The maximum absolute atomic E-state index is 12.9. The van der Waals surface area contributed by atoms with Crippen molar-refractivity contribution in [1.29, 1.82) is 5.26 Å². The molecule has 0 aromatic heterocycles. The van der Waals surface area contributed by atoms with E-state index in [0.29, 0.717) is 42.4 Å². The number of carbonyl (C=O) groups is 1. The summed E-state index contributed by atoms with van der Waals surface area (Å²) in [6.07, 6.45) is 3.90. The van der Waals surface area contributed by atoms with Gasteiger partial charge in [0.2, 0.25) is 0 Å². The van der Waals surface area contributed by atoms with Gasteiger partial charge in [-0.15, -0.1) is 6.58 Å². The van der Waals surface area contributed by atoms with Crippen LogP contribution in [0.5, 0.6) is 11.5 Å². The Morgan fingerprint density at radius 2 is 1.83 bits per heavy atom. The minimum absolute atomic E-state index is 0.00349. The molecule has 3 aromatic carbocycles. The highest BCUT2D eigenvalue weighted by atomic mass is 16.5. The number of rotatable bonds is 10. The molecule has 1 amide bonds. The van der Waals surface area contributed by atoms with E-state index < -0.39 is 5.91 Å². The maximum Gasteiger partial charge on any atom is 0.266 e. The van der Waals surface area contributed by atoms with Crippen molar-refractivity contribution >= 4 is 17.7 Å². The molecule has 5 nitrogen and oxygen atoms in total. The minimum atomic E-state index is -0.464. The Morgan fingerprint density at radius 1 is 1.08 bits per heavy atom. The van der Waals surface area contributed by atoms with Crippen molar-refractivity contribution in [1.82, 2.24) is 0 Å². The van der Waals surface area contributed by atoms with Crippen molar-refractivity contribution in [2.45, 2.75) is 40.7 Å². The highest BCUT2D eigenvalue weighted by Crippen LogP contribution is 2.35. The smallest absolute Gasteiger partial charge is 0.266 e.